The number of pyridine rings is 1. The van der Waals surface area contributed by atoms with E-state index in [1.54, 1.807) is 24.5 Å². The van der Waals surface area contributed by atoms with Crippen molar-refractivity contribution in [2.45, 2.75) is 0 Å². The molecule has 0 atom stereocenters. The van der Waals surface area contributed by atoms with Gasteiger partial charge in [0.05, 0.1) is 6.21 Å². The molecule has 1 aromatic heterocycles. The Balaban J connectivity index is 1.91. The smallest absolute Gasteiger partial charge is 0.339 e. The minimum atomic E-state index is -0.522. The van der Waals surface area contributed by atoms with E-state index < -0.39 is 6.03 Å². The van der Waals surface area contributed by atoms with E-state index in [-0.39, 0.29) is 11.5 Å². The fourth-order valence-electron chi connectivity index (χ4n) is 1.40. The molecule has 0 spiro atoms. The molecule has 7 heteroatoms. The Hall–Kier alpha value is -3.09. The van der Waals surface area contributed by atoms with Gasteiger partial charge in [-0.25, -0.2) is 10.2 Å². The molecule has 102 valence electrons. The standard InChI is InChI=1S/C13H12N4O3/c18-11-2-1-9(12(19)7-11)8-15-17-13(20)16-10-3-5-14-6-4-10/h1-8,18-19H,(H2,14,16,17,20)/b15-8+. The molecule has 1 aromatic carbocycles. The number of anilines is 1. The zero-order chi connectivity index (χ0) is 14.4. The third kappa shape index (κ3) is 3.70. The Kier molecular flexibility index (Phi) is 4.13. The number of benzene rings is 1. The van der Waals surface area contributed by atoms with Gasteiger partial charge in [0.1, 0.15) is 11.5 Å². The van der Waals surface area contributed by atoms with Gasteiger partial charge in [0, 0.05) is 29.7 Å². The van der Waals surface area contributed by atoms with Crippen molar-refractivity contribution in [1.82, 2.24) is 10.4 Å². The Morgan fingerprint density at radius 2 is 1.95 bits per heavy atom. The summed E-state index contributed by atoms with van der Waals surface area (Å²) in [5.74, 6) is -0.187. The third-order valence-corrected chi connectivity index (χ3v) is 2.32. The molecule has 0 saturated heterocycles. The fraction of sp³-hybridized carbons (Fsp3) is 0. The minimum Gasteiger partial charge on any atom is -0.508 e. The first-order valence-corrected chi connectivity index (χ1v) is 5.67. The Labute approximate surface area is 114 Å². The molecule has 0 aliphatic carbocycles. The predicted octanol–water partition coefficient (Wildman–Crippen LogP) is 1.65. The monoisotopic (exact) mass is 272 g/mol. The summed E-state index contributed by atoms with van der Waals surface area (Å²) in [6.07, 6.45) is 4.36. The summed E-state index contributed by atoms with van der Waals surface area (Å²) in [4.78, 5) is 15.3. The highest BCUT2D eigenvalue weighted by Gasteiger charge is 2.01. The summed E-state index contributed by atoms with van der Waals surface area (Å²) >= 11 is 0. The fourth-order valence-corrected chi connectivity index (χ4v) is 1.40. The first kappa shape index (κ1) is 13.3. The summed E-state index contributed by atoms with van der Waals surface area (Å²) in [5, 5.41) is 24.9. The van der Waals surface area contributed by atoms with Gasteiger partial charge in [-0.3, -0.25) is 4.98 Å². The highest BCUT2D eigenvalue weighted by Crippen LogP contribution is 2.20. The van der Waals surface area contributed by atoms with Gasteiger partial charge in [-0.05, 0) is 24.3 Å². The van der Waals surface area contributed by atoms with Crippen molar-refractivity contribution in [3.8, 4) is 11.5 Å². The number of nitrogens with one attached hydrogen (secondary N) is 2. The number of urea groups is 1. The van der Waals surface area contributed by atoms with Crippen molar-refractivity contribution in [3.05, 3.63) is 48.3 Å². The number of carbonyl (C=O) groups excluding carboxylic acids is 1. The number of phenols is 2. The lowest BCUT2D eigenvalue weighted by Gasteiger charge is -2.03. The number of hydrogen-bond acceptors (Lipinski definition) is 5. The van der Waals surface area contributed by atoms with E-state index in [9.17, 15) is 9.90 Å². The molecule has 7 nitrogen and oxygen atoms in total. The molecule has 2 aromatic rings. The molecule has 4 N–H and O–H groups in total. The first-order chi connectivity index (χ1) is 9.65. The van der Waals surface area contributed by atoms with E-state index in [2.05, 4.69) is 20.8 Å². The van der Waals surface area contributed by atoms with Crippen molar-refractivity contribution in [2.75, 3.05) is 5.32 Å². The SMILES string of the molecule is O=C(N/N=C/c1ccc(O)cc1O)Nc1ccncc1. The molecule has 0 unspecified atom stereocenters. The van der Waals surface area contributed by atoms with Gasteiger partial charge in [-0.15, -0.1) is 0 Å². The van der Waals surface area contributed by atoms with Crippen LogP contribution in [0.1, 0.15) is 5.56 Å². The second-order valence-corrected chi connectivity index (χ2v) is 3.80. The van der Waals surface area contributed by atoms with E-state index in [0.29, 0.717) is 11.3 Å². The van der Waals surface area contributed by atoms with Crippen LogP contribution in [0.25, 0.3) is 0 Å². The summed E-state index contributed by atoms with van der Waals surface area (Å²) in [6, 6.07) is 6.79. The van der Waals surface area contributed by atoms with Crippen LogP contribution in [0.15, 0.2) is 47.8 Å². The molecule has 2 amide bonds. The van der Waals surface area contributed by atoms with Crippen molar-refractivity contribution >= 4 is 17.9 Å². The number of hydrazone groups is 1. The maximum Gasteiger partial charge on any atom is 0.339 e. The largest absolute Gasteiger partial charge is 0.508 e. The topological polar surface area (TPSA) is 107 Å². The van der Waals surface area contributed by atoms with Crippen LogP contribution in [0, 0.1) is 0 Å². The van der Waals surface area contributed by atoms with Crippen LogP contribution in [-0.4, -0.2) is 27.4 Å². The second kappa shape index (κ2) is 6.19. The number of amides is 2. The quantitative estimate of drug-likeness (QED) is 0.503. The zero-order valence-electron chi connectivity index (χ0n) is 10.3. The second-order valence-electron chi connectivity index (χ2n) is 3.80. The highest BCUT2D eigenvalue weighted by atomic mass is 16.3. The molecule has 0 fully saturated rings. The van der Waals surface area contributed by atoms with E-state index >= 15 is 0 Å². The minimum absolute atomic E-state index is 0.0527. The lowest BCUT2D eigenvalue weighted by molar-refractivity contribution is 0.252. The normalized spacial score (nSPS) is 10.4. The van der Waals surface area contributed by atoms with Crippen LogP contribution in [0.3, 0.4) is 0 Å². The Morgan fingerprint density at radius 3 is 2.65 bits per heavy atom. The van der Waals surface area contributed by atoms with Crippen LogP contribution in [0.5, 0.6) is 11.5 Å². The van der Waals surface area contributed by atoms with Crippen LogP contribution in [0.4, 0.5) is 10.5 Å². The molecule has 0 saturated carbocycles. The van der Waals surface area contributed by atoms with Gasteiger partial charge in [0.15, 0.2) is 0 Å². The number of rotatable bonds is 3. The van der Waals surface area contributed by atoms with E-state index in [0.717, 1.165) is 0 Å². The number of aromatic hydroxyl groups is 2. The van der Waals surface area contributed by atoms with Gasteiger partial charge in [0.2, 0.25) is 0 Å². The van der Waals surface area contributed by atoms with Crippen LogP contribution in [0.2, 0.25) is 0 Å². The lowest BCUT2D eigenvalue weighted by atomic mass is 10.2. The first-order valence-electron chi connectivity index (χ1n) is 5.67. The average Bonchev–Trinajstić information content (AvgIpc) is 2.42. The number of nitrogens with zero attached hydrogens (tertiary/aromatic N) is 2. The van der Waals surface area contributed by atoms with Gasteiger partial charge in [-0.1, -0.05) is 0 Å². The van der Waals surface area contributed by atoms with Crippen LogP contribution in [-0.2, 0) is 0 Å². The summed E-state index contributed by atoms with van der Waals surface area (Å²) in [6.45, 7) is 0. The predicted molar refractivity (Wildman–Crippen MR) is 73.8 cm³/mol. The molecule has 20 heavy (non-hydrogen) atoms. The van der Waals surface area contributed by atoms with Crippen molar-refractivity contribution in [1.29, 1.82) is 0 Å². The molecule has 0 aliphatic rings. The van der Waals surface area contributed by atoms with Crippen molar-refractivity contribution in [2.24, 2.45) is 5.10 Å². The third-order valence-electron chi connectivity index (χ3n) is 2.32. The Bertz CT molecular complexity index is 629. The number of carbonyl (C=O) groups is 1. The number of phenolic OH excluding ortho intramolecular Hbond substituents is 2. The van der Waals surface area contributed by atoms with Crippen LogP contribution < -0.4 is 10.7 Å². The van der Waals surface area contributed by atoms with Gasteiger partial charge < -0.3 is 15.5 Å². The summed E-state index contributed by atoms with van der Waals surface area (Å²) in [5.41, 5.74) is 3.20. The van der Waals surface area contributed by atoms with Gasteiger partial charge in [0.25, 0.3) is 0 Å². The van der Waals surface area contributed by atoms with Gasteiger partial charge >= 0.3 is 6.03 Å². The molecule has 0 bridgehead atoms. The van der Waals surface area contributed by atoms with Crippen LogP contribution >= 0.6 is 0 Å². The summed E-state index contributed by atoms with van der Waals surface area (Å²) in [7, 11) is 0. The van der Waals surface area contributed by atoms with E-state index in [4.69, 9.17) is 5.11 Å². The van der Waals surface area contributed by atoms with Crippen molar-refractivity contribution in [3.63, 3.8) is 0 Å². The van der Waals surface area contributed by atoms with E-state index in [1.165, 1.54) is 24.4 Å². The molecule has 0 radical (unpaired) electrons. The molecular weight excluding hydrogens is 260 g/mol. The molecule has 2 rings (SSSR count). The highest BCUT2D eigenvalue weighted by molar-refractivity contribution is 5.90. The zero-order valence-corrected chi connectivity index (χ0v) is 10.3. The maximum atomic E-state index is 11.5. The Morgan fingerprint density at radius 1 is 1.20 bits per heavy atom. The molecular formula is C13H12N4O3. The maximum absolute atomic E-state index is 11.5. The van der Waals surface area contributed by atoms with E-state index in [1.807, 2.05) is 0 Å². The number of aromatic nitrogens is 1. The number of hydrogen-bond donors (Lipinski definition) is 4. The molecule has 0 aliphatic heterocycles. The lowest BCUT2D eigenvalue weighted by Crippen LogP contribution is -2.24. The summed E-state index contributed by atoms with van der Waals surface area (Å²) < 4.78 is 0. The molecule has 1 heterocycles. The van der Waals surface area contributed by atoms with Gasteiger partial charge in [-0.2, -0.15) is 5.10 Å². The van der Waals surface area contributed by atoms with Crippen molar-refractivity contribution < 1.29 is 15.0 Å². The average molecular weight is 272 g/mol.